The molecule has 0 bridgehead atoms. The molecule has 2 saturated heterocycles. The zero-order valence-electron chi connectivity index (χ0n) is 19.2. The molecule has 3 aliphatic heterocycles. The quantitative estimate of drug-likeness (QED) is 0.375. The summed E-state index contributed by atoms with van der Waals surface area (Å²) in [5.74, 6) is -3.58. The molecule has 4 rings (SSSR count). The van der Waals surface area contributed by atoms with E-state index < -0.39 is 42.1 Å². The summed E-state index contributed by atoms with van der Waals surface area (Å²) in [5, 5.41) is 18.9. The number of carboxylic acid groups (broad SMARTS) is 2. The maximum absolute atomic E-state index is 13.2. The van der Waals surface area contributed by atoms with Gasteiger partial charge in [0.15, 0.2) is 0 Å². The predicted octanol–water partition coefficient (Wildman–Crippen LogP) is 3.55. The fourth-order valence-corrected chi connectivity index (χ4v) is 7.78. The van der Waals surface area contributed by atoms with Crippen LogP contribution in [0.1, 0.15) is 13.8 Å². The van der Waals surface area contributed by atoms with Crippen molar-refractivity contribution in [1.29, 1.82) is 0 Å². The number of carbonyl (C=O) groups excluding carboxylic acids is 2. The molecule has 1 aromatic rings. The zero-order chi connectivity index (χ0) is 26.1. The monoisotopic (exact) mass is 563 g/mol. The Labute approximate surface area is 225 Å². The molecule has 0 aliphatic carbocycles. The van der Waals surface area contributed by atoms with Crippen molar-refractivity contribution in [1.82, 2.24) is 9.80 Å². The van der Waals surface area contributed by atoms with Crippen molar-refractivity contribution in [2.45, 2.75) is 24.0 Å². The predicted molar refractivity (Wildman–Crippen MR) is 144 cm³/mol. The summed E-state index contributed by atoms with van der Waals surface area (Å²) >= 11 is 8.72. The molecule has 2 fully saturated rings. The lowest BCUT2D eigenvalue weighted by Crippen LogP contribution is -2.35. The Morgan fingerprint density at radius 1 is 1.06 bits per heavy atom. The van der Waals surface area contributed by atoms with Crippen LogP contribution in [0.15, 0.2) is 61.8 Å². The second kappa shape index (κ2) is 10.7. The lowest BCUT2D eigenvalue weighted by molar-refractivity contribution is -0.142. The number of nitrogens with zero attached hydrogens (tertiary/aromatic N) is 3. The van der Waals surface area contributed by atoms with E-state index in [1.807, 2.05) is 25.1 Å². The number of hydrogen-bond donors (Lipinski definition) is 2. The molecule has 1 unspecified atom stereocenters. The van der Waals surface area contributed by atoms with Gasteiger partial charge in [-0.1, -0.05) is 71.3 Å². The molecule has 3 aliphatic rings. The van der Waals surface area contributed by atoms with E-state index in [4.69, 9.17) is 17.3 Å². The van der Waals surface area contributed by atoms with E-state index in [1.165, 1.54) is 0 Å². The number of allylic oxidation sites excluding steroid dienone is 2. The van der Waals surface area contributed by atoms with Gasteiger partial charge in [-0.25, -0.2) is 0 Å². The van der Waals surface area contributed by atoms with Gasteiger partial charge in [0.1, 0.15) is 27.6 Å². The average molecular weight is 564 g/mol. The minimum atomic E-state index is -1.23. The number of para-hydroxylation sites is 1. The summed E-state index contributed by atoms with van der Waals surface area (Å²) in [7, 11) is 0. The van der Waals surface area contributed by atoms with Gasteiger partial charge in [-0.05, 0) is 32.1 Å². The van der Waals surface area contributed by atoms with Crippen LogP contribution in [0, 0.1) is 0 Å². The van der Waals surface area contributed by atoms with E-state index in [0.29, 0.717) is 0 Å². The summed E-state index contributed by atoms with van der Waals surface area (Å²) in [5.41, 5.74) is 1.93. The summed E-state index contributed by atoms with van der Waals surface area (Å²) in [4.78, 5) is 54.1. The molecular formula is C23H21N3O6S4. The molecule has 2 amide bonds. The van der Waals surface area contributed by atoms with E-state index in [0.717, 1.165) is 61.1 Å². The maximum Gasteiger partial charge on any atom is 0.323 e. The number of aliphatic carboxylic acids is 2. The molecule has 36 heavy (non-hydrogen) atoms. The molecule has 188 valence electrons. The molecule has 0 radical (unpaired) electrons. The van der Waals surface area contributed by atoms with Crippen molar-refractivity contribution in [2.75, 3.05) is 24.5 Å². The molecule has 0 spiro atoms. The molecule has 1 atom stereocenters. The Bertz CT molecular complexity index is 1270. The summed E-state index contributed by atoms with van der Waals surface area (Å²) < 4.78 is 0.0469. The van der Waals surface area contributed by atoms with Gasteiger partial charge in [-0.2, -0.15) is 0 Å². The third kappa shape index (κ3) is 5.19. The topological polar surface area (TPSA) is 118 Å². The second-order valence-electron chi connectivity index (χ2n) is 7.85. The van der Waals surface area contributed by atoms with Gasteiger partial charge in [-0.15, -0.1) is 0 Å². The highest BCUT2D eigenvalue weighted by atomic mass is 32.2. The first-order chi connectivity index (χ1) is 17.1. The minimum Gasteiger partial charge on any atom is -0.480 e. The third-order valence-electron chi connectivity index (χ3n) is 5.34. The van der Waals surface area contributed by atoms with Crippen molar-refractivity contribution >= 4 is 81.3 Å². The largest absolute Gasteiger partial charge is 0.480 e. The van der Waals surface area contributed by atoms with Gasteiger partial charge in [0.05, 0.1) is 15.7 Å². The molecule has 0 aromatic heterocycles. The van der Waals surface area contributed by atoms with Crippen LogP contribution in [0.5, 0.6) is 0 Å². The highest BCUT2D eigenvalue weighted by Gasteiger charge is 2.44. The highest BCUT2D eigenvalue weighted by Crippen LogP contribution is 2.47. The molecule has 13 heteroatoms. The number of hydrogen-bond acceptors (Lipinski definition) is 9. The molecular weight excluding hydrogens is 543 g/mol. The number of rotatable bonds is 7. The van der Waals surface area contributed by atoms with Gasteiger partial charge in [0, 0.05) is 11.4 Å². The Balaban J connectivity index is 1.63. The van der Waals surface area contributed by atoms with Crippen molar-refractivity contribution < 1.29 is 29.4 Å². The normalized spacial score (nSPS) is 23.3. The van der Waals surface area contributed by atoms with Gasteiger partial charge in [0.2, 0.25) is 5.91 Å². The number of amides is 2. The van der Waals surface area contributed by atoms with Crippen LogP contribution in [0.3, 0.4) is 0 Å². The van der Waals surface area contributed by atoms with E-state index in [9.17, 15) is 24.3 Å². The van der Waals surface area contributed by atoms with Crippen LogP contribution in [-0.4, -0.2) is 73.0 Å². The molecule has 9 nitrogen and oxygen atoms in total. The van der Waals surface area contributed by atoms with Crippen LogP contribution in [-0.2, 0) is 19.2 Å². The lowest BCUT2D eigenvalue weighted by Gasteiger charge is -2.18. The Kier molecular flexibility index (Phi) is 7.83. The fraction of sp³-hybridized carbons (Fsp3) is 0.261. The Morgan fingerprint density at radius 3 is 2.39 bits per heavy atom. The number of carbonyl (C=O) groups is 4. The van der Waals surface area contributed by atoms with Crippen molar-refractivity contribution in [2.24, 2.45) is 0 Å². The van der Waals surface area contributed by atoms with Crippen LogP contribution >= 0.6 is 47.5 Å². The number of thiocarbonyl (C=S) groups is 1. The Morgan fingerprint density at radius 2 is 1.72 bits per heavy atom. The number of benzene rings is 1. The van der Waals surface area contributed by atoms with Gasteiger partial charge in [0.25, 0.3) is 5.91 Å². The van der Waals surface area contributed by atoms with Crippen LogP contribution in [0.25, 0.3) is 0 Å². The first-order valence-corrected chi connectivity index (χ1v) is 13.7. The van der Waals surface area contributed by atoms with E-state index in [-0.39, 0.29) is 14.3 Å². The SMILES string of the molecule is CCN1/C(=C/C(C)=C/C2S/C(=C3\SC(=S)N(CC(=O)O)C3=O)N(CC(=O)O)C2=O)Sc2ccccc21. The van der Waals surface area contributed by atoms with E-state index in [2.05, 4.69) is 24.0 Å². The summed E-state index contributed by atoms with van der Waals surface area (Å²) in [6.07, 6.45) is 3.73. The van der Waals surface area contributed by atoms with Crippen molar-refractivity contribution in [3.8, 4) is 0 Å². The maximum atomic E-state index is 13.2. The van der Waals surface area contributed by atoms with Gasteiger partial charge in [-0.3, -0.25) is 29.0 Å². The highest BCUT2D eigenvalue weighted by molar-refractivity contribution is 8.27. The second-order valence-corrected chi connectivity index (χ2v) is 11.7. The zero-order valence-corrected chi connectivity index (χ0v) is 22.4. The van der Waals surface area contributed by atoms with Crippen LogP contribution < -0.4 is 4.90 Å². The lowest BCUT2D eigenvalue weighted by atomic mass is 10.2. The van der Waals surface area contributed by atoms with Crippen LogP contribution in [0.2, 0.25) is 0 Å². The number of anilines is 1. The molecule has 2 N–H and O–H groups in total. The van der Waals surface area contributed by atoms with Gasteiger partial charge < -0.3 is 15.1 Å². The number of thioether (sulfide) groups is 3. The van der Waals surface area contributed by atoms with Gasteiger partial charge >= 0.3 is 11.9 Å². The summed E-state index contributed by atoms with van der Waals surface area (Å²) in [6, 6.07) is 8.07. The molecule has 3 heterocycles. The number of fused-ring (bicyclic) bond motifs is 1. The average Bonchev–Trinajstić information content (AvgIpc) is 3.40. The minimum absolute atomic E-state index is 0.0469. The van der Waals surface area contributed by atoms with E-state index in [1.54, 1.807) is 17.8 Å². The molecule has 1 aromatic carbocycles. The Hall–Kier alpha value is -2.74. The van der Waals surface area contributed by atoms with E-state index >= 15 is 0 Å². The van der Waals surface area contributed by atoms with Crippen molar-refractivity contribution in [3.63, 3.8) is 0 Å². The third-order valence-corrected chi connectivity index (χ3v) is 9.26. The van der Waals surface area contributed by atoms with Crippen molar-refractivity contribution in [3.05, 3.63) is 57.0 Å². The first-order valence-electron chi connectivity index (χ1n) is 10.7. The molecule has 0 saturated carbocycles. The van der Waals surface area contributed by atoms with Crippen LogP contribution in [0.4, 0.5) is 5.69 Å². The smallest absolute Gasteiger partial charge is 0.323 e. The number of carboxylic acids is 2. The summed E-state index contributed by atoms with van der Waals surface area (Å²) in [6.45, 7) is 3.47. The fourth-order valence-electron chi connectivity index (χ4n) is 3.82. The first kappa shape index (κ1) is 26.3. The standard InChI is InChI=1S/C23H21N3O6S4/c1-3-24-13-6-4-5-7-14(13)34-16(24)9-12(2)8-15-20(31)25(10-17(27)28)22(35-15)19-21(32)26(11-18(29)30)23(33)36-19/h4-9,15H,3,10-11H2,1-2H3,(H,27,28)(H,29,30)/b12-8+,16-9-,22-19-.